The van der Waals surface area contributed by atoms with Crippen LogP contribution in [0.4, 0.5) is 0 Å². The van der Waals surface area contributed by atoms with E-state index < -0.39 is 0 Å². The predicted molar refractivity (Wildman–Crippen MR) is 129 cm³/mol. The molecule has 3 heteroatoms. The molecule has 1 fully saturated rings. The van der Waals surface area contributed by atoms with Crippen LogP contribution in [0.3, 0.4) is 0 Å². The zero-order valence-corrected chi connectivity index (χ0v) is 20.3. The topological polar surface area (TPSA) is 16.1 Å². The lowest BCUT2D eigenvalue weighted by atomic mass is 9.93. The van der Waals surface area contributed by atoms with Crippen LogP contribution in [0.25, 0.3) is 6.08 Å². The normalized spacial score (nSPS) is 18.4. The Kier molecular flexibility index (Phi) is 15.7. The van der Waals surface area contributed by atoms with Gasteiger partial charge in [0.05, 0.1) is 0 Å². The quantitative estimate of drug-likeness (QED) is 0.433. The Balaban J connectivity index is 0.00000171. The first-order valence-corrected chi connectivity index (χ1v) is 11.9. The molecule has 2 nitrogen and oxygen atoms in total. The van der Waals surface area contributed by atoms with Gasteiger partial charge in [-0.2, -0.15) is 0 Å². The molecule has 1 heterocycles. The van der Waals surface area contributed by atoms with Crippen LogP contribution in [0.2, 0.25) is 0 Å². The van der Waals surface area contributed by atoms with Crippen LogP contribution in [0, 0.1) is 5.92 Å². The molecule has 2 rings (SSSR count). The molecule has 1 saturated carbocycles. The number of nitrogens with zero attached hydrogens (tertiary/aromatic N) is 2. The summed E-state index contributed by atoms with van der Waals surface area (Å²) in [6, 6.07) is 0.621. The highest BCUT2D eigenvalue weighted by molar-refractivity contribution is 7.03. The van der Waals surface area contributed by atoms with Gasteiger partial charge in [-0.15, -0.1) is 5.73 Å². The molecule has 0 aromatic carbocycles. The molecule has 0 amide bonds. The Labute approximate surface area is 178 Å². The molecule has 1 unspecified atom stereocenters. The van der Waals surface area contributed by atoms with Crippen molar-refractivity contribution in [1.29, 1.82) is 0 Å². The fourth-order valence-corrected chi connectivity index (χ4v) is 3.89. The summed E-state index contributed by atoms with van der Waals surface area (Å²) in [5.74, 6) is 0.637. The van der Waals surface area contributed by atoms with E-state index in [-0.39, 0.29) is 0 Å². The van der Waals surface area contributed by atoms with Crippen LogP contribution in [0.1, 0.15) is 79.7 Å². The third-order valence-electron chi connectivity index (χ3n) is 4.81. The van der Waals surface area contributed by atoms with Crippen molar-refractivity contribution in [3.05, 3.63) is 52.2 Å². The minimum absolute atomic E-state index is 0.621. The fraction of sp³-hybridized carbons (Fsp3) is 0.600. The van der Waals surface area contributed by atoms with Gasteiger partial charge in [-0.3, -0.25) is 0 Å². The van der Waals surface area contributed by atoms with E-state index in [0.29, 0.717) is 12.0 Å². The average Bonchev–Trinajstić information content (AvgIpc) is 3.37. The second kappa shape index (κ2) is 16.5. The Hall–Kier alpha value is -1.41. The maximum atomic E-state index is 4.14. The van der Waals surface area contributed by atoms with Gasteiger partial charge in [0.2, 0.25) is 0 Å². The number of aromatic nitrogens is 1. The highest BCUT2D eigenvalue weighted by Gasteiger charge is 2.27. The third kappa shape index (κ3) is 9.19. The van der Waals surface area contributed by atoms with Gasteiger partial charge in [-0.25, -0.2) is 4.37 Å². The molecule has 1 aliphatic rings. The standard InChI is InChI=1S/C21H30N2S.2C2H6/c1-5-8-21-19(10-7-9-18-15-22-24-16-18)11-12-20(21)14-17(3)23(4)13-6-2;2*1-2/h5,7,9-10,15-17,20H,6,11-14H2,1-4H3;2*1-2H3/b9-7+,19-10-;;/t8?,17-,20?;;/m1../s1. The molecule has 1 aromatic rings. The van der Waals surface area contributed by atoms with E-state index in [1.54, 1.807) is 0 Å². The van der Waals surface area contributed by atoms with Gasteiger partial charge < -0.3 is 4.90 Å². The van der Waals surface area contributed by atoms with E-state index in [2.05, 4.69) is 72.5 Å². The maximum absolute atomic E-state index is 4.14. The molecule has 158 valence electrons. The first-order chi connectivity index (χ1) is 13.7. The molecule has 0 aliphatic heterocycles. The monoisotopic (exact) mass is 402 g/mol. The molecule has 0 N–H and O–H groups in total. The predicted octanol–water partition coefficient (Wildman–Crippen LogP) is 7.77. The van der Waals surface area contributed by atoms with E-state index in [0.717, 1.165) is 6.42 Å². The summed E-state index contributed by atoms with van der Waals surface area (Å²) in [7, 11) is 2.25. The molecular formula is C25H42N2S. The summed E-state index contributed by atoms with van der Waals surface area (Å²) in [6.07, 6.45) is 15.4. The number of hydrogen-bond donors (Lipinski definition) is 0. The molecule has 1 aliphatic carbocycles. The maximum Gasteiger partial charge on any atom is 0.0479 e. The summed E-state index contributed by atoms with van der Waals surface area (Å²) in [4.78, 5) is 2.48. The zero-order valence-electron chi connectivity index (χ0n) is 19.5. The van der Waals surface area contributed by atoms with Crippen LogP contribution in [-0.4, -0.2) is 28.9 Å². The highest BCUT2D eigenvalue weighted by Crippen LogP contribution is 2.38. The Morgan fingerprint density at radius 2 is 2.04 bits per heavy atom. The fourth-order valence-electron chi connectivity index (χ4n) is 3.38. The first-order valence-electron chi connectivity index (χ1n) is 11.0. The van der Waals surface area contributed by atoms with Crippen molar-refractivity contribution in [3.63, 3.8) is 0 Å². The van der Waals surface area contributed by atoms with E-state index in [1.165, 1.54) is 54.0 Å². The second-order valence-corrected chi connectivity index (χ2v) is 7.31. The Morgan fingerprint density at radius 3 is 2.61 bits per heavy atom. The van der Waals surface area contributed by atoms with Crippen LogP contribution in [0.5, 0.6) is 0 Å². The molecule has 0 radical (unpaired) electrons. The SMILES string of the molecule is CC.CC.CC=C=C1/C(=C\C=C\c2cnsc2)CCC1C[C@@H](C)N(C)CCC. The Morgan fingerprint density at radius 1 is 1.32 bits per heavy atom. The van der Waals surface area contributed by atoms with E-state index in [9.17, 15) is 0 Å². The molecular weight excluding hydrogens is 360 g/mol. The average molecular weight is 403 g/mol. The van der Waals surface area contributed by atoms with Crippen molar-refractivity contribution in [1.82, 2.24) is 9.27 Å². The number of rotatable bonds is 7. The minimum Gasteiger partial charge on any atom is -0.304 e. The third-order valence-corrected chi connectivity index (χ3v) is 5.41. The van der Waals surface area contributed by atoms with Gasteiger partial charge in [0, 0.05) is 23.2 Å². The van der Waals surface area contributed by atoms with Crippen LogP contribution >= 0.6 is 11.5 Å². The molecule has 28 heavy (non-hydrogen) atoms. The van der Waals surface area contributed by atoms with Gasteiger partial charge in [-0.1, -0.05) is 52.8 Å². The van der Waals surface area contributed by atoms with E-state index in [1.807, 2.05) is 33.9 Å². The lowest BCUT2D eigenvalue weighted by molar-refractivity contribution is 0.229. The molecule has 1 aromatic heterocycles. The van der Waals surface area contributed by atoms with Gasteiger partial charge in [0.25, 0.3) is 0 Å². The summed E-state index contributed by atoms with van der Waals surface area (Å²) in [5, 5.41) is 2.07. The zero-order chi connectivity index (χ0) is 21.4. The molecule has 0 saturated heterocycles. The van der Waals surface area contributed by atoms with Gasteiger partial charge >= 0.3 is 0 Å². The van der Waals surface area contributed by atoms with Gasteiger partial charge in [0.1, 0.15) is 0 Å². The minimum atomic E-state index is 0.621. The van der Waals surface area contributed by atoms with Crippen LogP contribution in [0.15, 0.2) is 46.7 Å². The molecule has 0 bridgehead atoms. The number of allylic oxidation sites excluding steroid dienone is 4. The summed E-state index contributed by atoms with van der Waals surface area (Å²) in [6.45, 7) is 15.9. The summed E-state index contributed by atoms with van der Waals surface area (Å²) >= 11 is 1.50. The lowest BCUT2D eigenvalue weighted by Gasteiger charge is -2.26. The first kappa shape index (κ1) is 26.6. The summed E-state index contributed by atoms with van der Waals surface area (Å²) < 4.78 is 4.14. The Bertz CT molecular complexity index is 619. The summed E-state index contributed by atoms with van der Waals surface area (Å²) in [5.41, 5.74) is 7.57. The van der Waals surface area contributed by atoms with Crippen LogP contribution < -0.4 is 0 Å². The molecule has 0 spiro atoms. The van der Waals surface area contributed by atoms with Crippen LogP contribution in [-0.2, 0) is 0 Å². The highest BCUT2D eigenvalue weighted by atomic mass is 32.1. The van der Waals surface area contributed by atoms with Gasteiger partial charge in [-0.05, 0) is 87.8 Å². The van der Waals surface area contributed by atoms with E-state index >= 15 is 0 Å². The van der Waals surface area contributed by atoms with Crippen molar-refractivity contribution in [3.8, 4) is 0 Å². The van der Waals surface area contributed by atoms with Crippen molar-refractivity contribution in [2.45, 2.75) is 80.2 Å². The smallest absolute Gasteiger partial charge is 0.0479 e. The van der Waals surface area contributed by atoms with Crippen molar-refractivity contribution in [2.24, 2.45) is 5.92 Å². The van der Waals surface area contributed by atoms with Crippen molar-refractivity contribution < 1.29 is 0 Å². The lowest BCUT2D eigenvalue weighted by Crippen LogP contribution is -2.31. The second-order valence-electron chi connectivity index (χ2n) is 6.66. The van der Waals surface area contributed by atoms with Gasteiger partial charge in [0.15, 0.2) is 0 Å². The molecule has 2 atom stereocenters. The number of hydrogen-bond acceptors (Lipinski definition) is 3. The largest absolute Gasteiger partial charge is 0.304 e. The van der Waals surface area contributed by atoms with Crippen molar-refractivity contribution >= 4 is 17.6 Å². The van der Waals surface area contributed by atoms with Crippen molar-refractivity contribution in [2.75, 3.05) is 13.6 Å². The van der Waals surface area contributed by atoms with E-state index in [4.69, 9.17) is 0 Å².